The summed E-state index contributed by atoms with van der Waals surface area (Å²) in [6.45, 7) is 11.0. The minimum absolute atomic E-state index is 0.169. The van der Waals surface area contributed by atoms with Gasteiger partial charge < -0.3 is 25.1 Å². The lowest BCUT2D eigenvalue weighted by molar-refractivity contribution is -0.0947. The molecule has 3 rings (SSSR count). The molecule has 2 aromatic rings. The molecule has 3 N–H and O–H groups in total. The average Bonchev–Trinajstić information content (AvgIpc) is 3.26. The van der Waals surface area contributed by atoms with E-state index in [-0.39, 0.29) is 35.4 Å². The molecular weight excluding hydrogens is 396 g/mol. The summed E-state index contributed by atoms with van der Waals surface area (Å²) in [5.41, 5.74) is 1.42. The predicted octanol–water partition coefficient (Wildman–Crippen LogP) is 3.22. The summed E-state index contributed by atoms with van der Waals surface area (Å²) in [6, 6.07) is 10.4. The van der Waals surface area contributed by atoms with Gasteiger partial charge in [-0.15, -0.1) is 0 Å². The van der Waals surface area contributed by atoms with E-state index in [1.165, 1.54) is 6.26 Å². The van der Waals surface area contributed by atoms with Crippen molar-refractivity contribution in [3.63, 3.8) is 0 Å². The fourth-order valence-corrected chi connectivity index (χ4v) is 3.63. The first kappa shape index (κ1) is 22.8. The van der Waals surface area contributed by atoms with Gasteiger partial charge in [0.1, 0.15) is 0 Å². The predicted molar refractivity (Wildman–Crippen MR) is 119 cm³/mol. The number of ether oxygens (including phenoxy) is 1. The number of nitrogens with one attached hydrogen (secondary N) is 3. The topological polar surface area (TPSA) is 95.8 Å². The van der Waals surface area contributed by atoms with E-state index in [2.05, 4.69) is 48.5 Å². The molecule has 168 valence electrons. The molecule has 3 amide bonds. The Bertz CT molecular complexity index is 854. The Morgan fingerprint density at radius 2 is 1.74 bits per heavy atom. The molecule has 1 saturated heterocycles. The summed E-state index contributed by atoms with van der Waals surface area (Å²) in [5, 5.41) is 8.62. The summed E-state index contributed by atoms with van der Waals surface area (Å²) in [4.78, 5) is 26.6. The van der Waals surface area contributed by atoms with Crippen LogP contribution in [-0.2, 0) is 11.3 Å². The third-order valence-corrected chi connectivity index (χ3v) is 5.37. The van der Waals surface area contributed by atoms with Crippen molar-refractivity contribution in [1.82, 2.24) is 15.5 Å². The highest BCUT2D eigenvalue weighted by molar-refractivity contribution is 6.02. The summed E-state index contributed by atoms with van der Waals surface area (Å²) in [7, 11) is 0. The first-order chi connectivity index (χ1) is 14.7. The molecule has 8 heteroatoms. The van der Waals surface area contributed by atoms with E-state index in [4.69, 9.17) is 9.15 Å². The SMILES string of the molecule is C[C@@H]1CN(C(C)(C)CNC(=O)NCc2ccc(NC(=O)c3ccco3)cc2)C[C@H](C)O1. The van der Waals surface area contributed by atoms with Gasteiger partial charge in [-0.1, -0.05) is 12.1 Å². The number of carbonyl (C=O) groups excluding carboxylic acids is 2. The second-order valence-electron chi connectivity index (χ2n) is 8.64. The summed E-state index contributed by atoms with van der Waals surface area (Å²) >= 11 is 0. The minimum Gasteiger partial charge on any atom is -0.459 e. The van der Waals surface area contributed by atoms with Crippen LogP contribution in [0.4, 0.5) is 10.5 Å². The second kappa shape index (κ2) is 9.98. The van der Waals surface area contributed by atoms with Gasteiger partial charge in [-0.05, 0) is 57.5 Å². The zero-order chi connectivity index (χ0) is 22.4. The van der Waals surface area contributed by atoms with Gasteiger partial charge in [-0.25, -0.2) is 4.79 Å². The lowest BCUT2D eigenvalue weighted by atomic mass is 10.00. The number of anilines is 1. The van der Waals surface area contributed by atoms with Gasteiger partial charge in [0.15, 0.2) is 5.76 Å². The number of hydrogen-bond donors (Lipinski definition) is 3. The molecule has 0 radical (unpaired) electrons. The number of urea groups is 1. The van der Waals surface area contributed by atoms with E-state index in [0.29, 0.717) is 18.8 Å². The van der Waals surface area contributed by atoms with Gasteiger partial charge >= 0.3 is 6.03 Å². The molecule has 0 bridgehead atoms. The smallest absolute Gasteiger partial charge is 0.315 e. The van der Waals surface area contributed by atoms with Crippen LogP contribution in [0.15, 0.2) is 47.1 Å². The summed E-state index contributed by atoms with van der Waals surface area (Å²) in [6.07, 6.45) is 1.82. The van der Waals surface area contributed by atoms with Crippen molar-refractivity contribution in [2.45, 2.75) is 52.0 Å². The van der Waals surface area contributed by atoms with Crippen molar-refractivity contribution in [1.29, 1.82) is 0 Å². The molecule has 0 spiro atoms. The van der Waals surface area contributed by atoms with Crippen molar-refractivity contribution in [2.24, 2.45) is 0 Å². The molecular formula is C23H32N4O4. The Labute approximate surface area is 183 Å². The molecule has 0 aliphatic carbocycles. The van der Waals surface area contributed by atoms with E-state index >= 15 is 0 Å². The van der Waals surface area contributed by atoms with Crippen LogP contribution in [-0.4, -0.2) is 54.2 Å². The van der Waals surface area contributed by atoms with Gasteiger partial charge in [0, 0.05) is 37.4 Å². The maximum Gasteiger partial charge on any atom is 0.315 e. The van der Waals surface area contributed by atoms with Crippen LogP contribution in [0.5, 0.6) is 0 Å². The summed E-state index contributed by atoms with van der Waals surface area (Å²) in [5.74, 6) is -0.0479. The Kier molecular flexibility index (Phi) is 7.35. The van der Waals surface area contributed by atoms with Crippen molar-refractivity contribution < 1.29 is 18.7 Å². The first-order valence-corrected chi connectivity index (χ1v) is 10.6. The number of carbonyl (C=O) groups is 2. The highest BCUT2D eigenvalue weighted by Gasteiger charge is 2.33. The molecule has 1 aliphatic heterocycles. The first-order valence-electron chi connectivity index (χ1n) is 10.6. The van der Waals surface area contributed by atoms with E-state index in [1.807, 2.05) is 12.1 Å². The molecule has 1 fully saturated rings. The molecule has 1 aromatic carbocycles. The molecule has 0 saturated carbocycles. The Balaban J connectivity index is 1.42. The Hall–Kier alpha value is -2.84. The largest absolute Gasteiger partial charge is 0.459 e. The van der Waals surface area contributed by atoms with Crippen LogP contribution in [0.2, 0.25) is 0 Å². The standard InChI is InChI=1S/C23H32N4O4/c1-16-13-27(14-17(2)31-16)23(3,4)15-25-22(29)24-12-18-7-9-19(10-8-18)26-21(28)20-6-5-11-30-20/h5-11,16-17H,12-15H2,1-4H3,(H,26,28)(H2,24,25,29)/t16-,17+. The number of morpholine rings is 1. The Morgan fingerprint density at radius 3 is 2.35 bits per heavy atom. The monoisotopic (exact) mass is 428 g/mol. The molecule has 2 heterocycles. The molecule has 8 nitrogen and oxygen atoms in total. The maximum atomic E-state index is 12.3. The highest BCUT2D eigenvalue weighted by atomic mass is 16.5. The number of hydrogen-bond acceptors (Lipinski definition) is 5. The quantitative estimate of drug-likeness (QED) is 0.629. The number of rotatable bonds is 7. The average molecular weight is 429 g/mol. The van der Waals surface area contributed by atoms with E-state index < -0.39 is 0 Å². The Morgan fingerprint density at radius 1 is 1.06 bits per heavy atom. The van der Waals surface area contributed by atoms with Gasteiger partial charge in [0.05, 0.1) is 18.5 Å². The van der Waals surface area contributed by atoms with Gasteiger partial charge in [0.2, 0.25) is 0 Å². The highest BCUT2D eigenvalue weighted by Crippen LogP contribution is 2.20. The van der Waals surface area contributed by atoms with Crippen LogP contribution in [0.1, 0.15) is 43.8 Å². The fourth-order valence-electron chi connectivity index (χ4n) is 3.63. The zero-order valence-corrected chi connectivity index (χ0v) is 18.6. The van der Waals surface area contributed by atoms with Crippen molar-refractivity contribution in [2.75, 3.05) is 25.0 Å². The third-order valence-electron chi connectivity index (χ3n) is 5.37. The third kappa shape index (κ3) is 6.57. The van der Waals surface area contributed by atoms with Crippen LogP contribution in [0.3, 0.4) is 0 Å². The van der Waals surface area contributed by atoms with Crippen LogP contribution in [0.25, 0.3) is 0 Å². The van der Waals surface area contributed by atoms with Gasteiger partial charge in [-0.3, -0.25) is 9.69 Å². The minimum atomic E-state index is -0.304. The lowest BCUT2D eigenvalue weighted by Crippen LogP contribution is -2.59. The van der Waals surface area contributed by atoms with Gasteiger partial charge in [0.25, 0.3) is 5.91 Å². The van der Waals surface area contributed by atoms with Crippen molar-refractivity contribution in [3.05, 3.63) is 54.0 Å². The van der Waals surface area contributed by atoms with Crippen molar-refractivity contribution in [3.8, 4) is 0 Å². The van der Waals surface area contributed by atoms with E-state index in [0.717, 1.165) is 18.7 Å². The number of amides is 3. The van der Waals surface area contributed by atoms with Gasteiger partial charge in [-0.2, -0.15) is 0 Å². The lowest BCUT2D eigenvalue weighted by Gasteiger charge is -2.45. The van der Waals surface area contributed by atoms with Crippen LogP contribution < -0.4 is 16.0 Å². The number of furan rings is 1. The normalized spacial score (nSPS) is 19.6. The summed E-state index contributed by atoms with van der Waals surface area (Å²) < 4.78 is 10.9. The molecule has 2 atom stereocenters. The molecule has 0 unspecified atom stereocenters. The van der Waals surface area contributed by atoms with Crippen LogP contribution in [0, 0.1) is 0 Å². The molecule has 1 aliphatic rings. The van der Waals surface area contributed by atoms with Crippen LogP contribution >= 0.6 is 0 Å². The second-order valence-corrected chi connectivity index (χ2v) is 8.64. The number of nitrogens with zero attached hydrogens (tertiary/aromatic N) is 1. The molecule has 1 aromatic heterocycles. The fraction of sp³-hybridized carbons (Fsp3) is 0.478. The van der Waals surface area contributed by atoms with E-state index in [1.54, 1.807) is 24.3 Å². The van der Waals surface area contributed by atoms with Crippen molar-refractivity contribution >= 4 is 17.6 Å². The van der Waals surface area contributed by atoms with E-state index in [9.17, 15) is 9.59 Å². The zero-order valence-electron chi connectivity index (χ0n) is 18.6. The maximum absolute atomic E-state index is 12.3. The molecule has 31 heavy (non-hydrogen) atoms. The number of benzene rings is 1.